The molecular weight excluding hydrogens is 182 g/mol. The van der Waals surface area contributed by atoms with Gasteiger partial charge < -0.3 is 20.7 Å². The highest BCUT2D eigenvalue weighted by atomic mass is 16.5. The second-order valence-electron chi connectivity index (χ2n) is 3.38. The number of carbonyl (C=O) groups is 1. The summed E-state index contributed by atoms with van der Waals surface area (Å²) < 4.78 is 5.17. The largest absolute Gasteiger partial charge is 0.379 e. The molecule has 82 valence electrons. The molecule has 0 aromatic heterocycles. The van der Waals surface area contributed by atoms with Crippen molar-refractivity contribution < 1.29 is 9.53 Å². The van der Waals surface area contributed by atoms with Crippen LogP contribution in [0, 0.1) is 0 Å². The fourth-order valence-electron chi connectivity index (χ4n) is 1.47. The Hall–Kier alpha value is -0.810. The Morgan fingerprint density at radius 1 is 1.71 bits per heavy atom. The van der Waals surface area contributed by atoms with Gasteiger partial charge in [0.15, 0.2) is 0 Å². The van der Waals surface area contributed by atoms with E-state index in [1.165, 1.54) is 0 Å². The normalized spacial score (nSPS) is 20.9. The van der Waals surface area contributed by atoms with Crippen molar-refractivity contribution in [3.63, 3.8) is 0 Å². The summed E-state index contributed by atoms with van der Waals surface area (Å²) in [7, 11) is 0. The number of nitrogens with one attached hydrogen (secondary N) is 1. The van der Waals surface area contributed by atoms with Gasteiger partial charge in [-0.05, 0) is 13.3 Å². The van der Waals surface area contributed by atoms with Crippen LogP contribution in [0.4, 0.5) is 4.79 Å². The van der Waals surface area contributed by atoms with Crippen LogP contribution in [-0.4, -0.2) is 49.8 Å². The van der Waals surface area contributed by atoms with Crippen LogP contribution >= 0.6 is 0 Å². The molecule has 0 spiro atoms. The first-order valence-electron chi connectivity index (χ1n) is 5.11. The van der Waals surface area contributed by atoms with Crippen molar-refractivity contribution in [2.24, 2.45) is 5.73 Å². The SMILES string of the molecule is CCN(CCN)C(=O)NC1CCOC1. The monoisotopic (exact) mass is 201 g/mol. The molecule has 3 N–H and O–H groups in total. The number of hydrogen-bond donors (Lipinski definition) is 2. The third-order valence-corrected chi connectivity index (χ3v) is 2.33. The number of likely N-dealkylation sites (N-methyl/N-ethyl adjacent to an activating group) is 1. The lowest BCUT2D eigenvalue weighted by Crippen LogP contribution is -2.46. The number of urea groups is 1. The summed E-state index contributed by atoms with van der Waals surface area (Å²) in [6.07, 6.45) is 0.909. The van der Waals surface area contributed by atoms with Crippen LogP contribution in [-0.2, 0) is 4.74 Å². The van der Waals surface area contributed by atoms with Crippen LogP contribution in [0.2, 0.25) is 0 Å². The minimum Gasteiger partial charge on any atom is -0.379 e. The number of nitrogens with zero attached hydrogens (tertiary/aromatic N) is 1. The number of nitrogens with two attached hydrogens (primary N) is 1. The summed E-state index contributed by atoms with van der Waals surface area (Å²) >= 11 is 0. The van der Waals surface area contributed by atoms with Crippen LogP contribution in [0.5, 0.6) is 0 Å². The maximum atomic E-state index is 11.6. The van der Waals surface area contributed by atoms with Crippen molar-refractivity contribution in [2.45, 2.75) is 19.4 Å². The van der Waals surface area contributed by atoms with Gasteiger partial charge in [-0.2, -0.15) is 0 Å². The zero-order valence-electron chi connectivity index (χ0n) is 8.66. The molecule has 2 amide bonds. The van der Waals surface area contributed by atoms with Gasteiger partial charge in [0.1, 0.15) is 0 Å². The lowest BCUT2D eigenvalue weighted by atomic mass is 10.3. The number of ether oxygens (including phenoxy) is 1. The minimum absolute atomic E-state index is 0.0338. The van der Waals surface area contributed by atoms with Crippen molar-refractivity contribution in [3.05, 3.63) is 0 Å². The highest BCUT2D eigenvalue weighted by Gasteiger charge is 2.19. The smallest absolute Gasteiger partial charge is 0.317 e. The van der Waals surface area contributed by atoms with Gasteiger partial charge in [-0.1, -0.05) is 0 Å². The Kier molecular flexibility index (Phi) is 4.69. The number of carbonyl (C=O) groups excluding carboxylic acids is 1. The van der Waals surface area contributed by atoms with Crippen molar-refractivity contribution >= 4 is 6.03 Å². The van der Waals surface area contributed by atoms with E-state index in [0.29, 0.717) is 26.2 Å². The first-order valence-corrected chi connectivity index (χ1v) is 5.11. The average Bonchev–Trinajstić information content (AvgIpc) is 2.66. The first-order chi connectivity index (χ1) is 6.77. The third kappa shape index (κ3) is 3.16. The van der Waals surface area contributed by atoms with Gasteiger partial charge in [0, 0.05) is 26.2 Å². The van der Waals surface area contributed by atoms with Crippen LogP contribution in [0.15, 0.2) is 0 Å². The molecule has 0 radical (unpaired) electrons. The zero-order valence-corrected chi connectivity index (χ0v) is 8.66. The van der Waals surface area contributed by atoms with Crippen LogP contribution in [0.1, 0.15) is 13.3 Å². The van der Waals surface area contributed by atoms with Crippen molar-refractivity contribution in [2.75, 3.05) is 32.8 Å². The highest BCUT2D eigenvalue weighted by Crippen LogP contribution is 2.03. The molecule has 1 unspecified atom stereocenters. The summed E-state index contributed by atoms with van der Waals surface area (Å²) in [6, 6.07) is 0.141. The molecule has 0 saturated carbocycles. The summed E-state index contributed by atoms with van der Waals surface area (Å²) in [5, 5.41) is 2.92. The second kappa shape index (κ2) is 5.82. The Morgan fingerprint density at radius 3 is 3.00 bits per heavy atom. The Labute approximate surface area is 84.6 Å². The predicted molar refractivity (Wildman–Crippen MR) is 54.1 cm³/mol. The molecule has 1 aliphatic heterocycles. The minimum atomic E-state index is -0.0338. The molecule has 5 heteroatoms. The zero-order chi connectivity index (χ0) is 10.4. The number of hydrogen-bond acceptors (Lipinski definition) is 3. The topological polar surface area (TPSA) is 67.6 Å². The van der Waals surface area contributed by atoms with Gasteiger partial charge in [-0.25, -0.2) is 4.79 Å². The Morgan fingerprint density at radius 2 is 2.50 bits per heavy atom. The molecule has 1 saturated heterocycles. The average molecular weight is 201 g/mol. The van der Waals surface area contributed by atoms with E-state index in [0.717, 1.165) is 13.0 Å². The summed E-state index contributed by atoms with van der Waals surface area (Å²) in [4.78, 5) is 13.3. The molecule has 1 rings (SSSR count). The van der Waals surface area contributed by atoms with Gasteiger partial charge in [0.05, 0.1) is 12.6 Å². The molecule has 1 atom stereocenters. The van der Waals surface area contributed by atoms with E-state index >= 15 is 0 Å². The Bertz CT molecular complexity index is 181. The molecule has 14 heavy (non-hydrogen) atoms. The van der Waals surface area contributed by atoms with Gasteiger partial charge in [-0.3, -0.25) is 0 Å². The lowest BCUT2D eigenvalue weighted by molar-refractivity contribution is 0.179. The first kappa shape index (κ1) is 11.3. The van der Waals surface area contributed by atoms with Crippen molar-refractivity contribution in [1.82, 2.24) is 10.2 Å². The summed E-state index contributed by atoms with van der Waals surface area (Å²) in [6.45, 7) is 5.12. The van der Waals surface area contributed by atoms with Crippen LogP contribution in [0.25, 0.3) is 0 Å². The molecular formula is C9H19N3O2. The summed E-state index contributed by atoms with van der Waals surface area (Å²) in [5.41, 5.74) is 5.40. The van der Waals surface area contributed by atoms with Gasteiger partial charge in [0.25, 0.3) is 0 Å². The van der Waals surface area contributed by atoms with E-state index in [4.69, 9.17) is 10.5 Å². The van der Waals surface area contributed by atoms with E-state index in [9.17, 15) is 4.79 Å². The maximum Gasteiger partial charge on any atom is 0.317 e. The quantitative estimate of drug-likeness (QED) is 0.660. The second-order valence-corrected chi connectivity index (χ2v) is 3.38. The van der Waals surface area contributed by atoms with E-state index in [2.05, 4.69) is 5.32 Å². The molecule has 1 aliphatic rings. The molecule has 0 bridgehead atoms. The highest BCUT2D eigenvalue weighted by molar-refractivity contribution is 5.74. The van der Waals surface area contributed by atoms with E-state index < -0.39 is 0 Å². The van der Waals surface area contributed by atoms with E-state index in [-0.39, 0.29) is 12.1 Å². The predicted octanol–water partition coefficient (Wildman–Crippen LogP) is -0.234. The molecule has 1 fully saturated rings. The maximum absolute atomic E-state index is 11.6. The molecule has 5 nitrogen and oxygen atoms in total. The van der Waals surface area contributed by atoms with E-state index in [1.54, 1.807) is 4.90 Å². The molecule has 0 aromatic carbocycles. The van der Waals surface area contributed by atoms with Crippen molar-refractivity contribution in [3.8, 4) is 0 Å². The van der Waals surface area contributed by atoms with E-state index in [1.807, 2.05) is 6.92 Å². The third-order valence-electron chi connectivity index (χ3n) is 2.33. The van der Waals surface area contributed by atoms with Crippen molar-refractivity contribution in [1.29, 1.82) is 0 Å². The molecule has 1 heterocycles. The lowest BCUT2D eigenvalue weighted by Gasteiger charge is -2.22. The summed E-state index contributed by atoms with van der Waals surface area (Å²) in [5.74, 6) is 0. The van der Waals surface area contributed by atoms with Gasteiger partial charge in [0.2, 0.25) is 0 Å². The fourth-order valence-corrected chi connectivity index (χ4v) is 1.47. The van der Waals surface area contributed by atoms with Gasteiger partial charge in [-0.15, -0.1) is 0 Å². The van der Waals surface area contributed by atoms with Crippen LogP contribution < -0.4 is 11.1 Å². The molecule has 0 aromatic rings. The fraction of sp³-hybridized carbons (Fsp3) is 0.889. The van der Waals surface area contributed by atoms with Gasteiger partial charge >= 0.3 is 6.03 Å². The number of amides is 2. The standard InChI is InChI=1S/C9H19N3O2/c1-2-12(5-4-10)9(13)11-8-3-6-14-7-8/h8H,2-7,10H2,1H3,(H,11,13). The van der Waals surface area contributed by atoms with Crippen LogP contribution in [0.3, 0.4) is 0 Å². The molecule has 0 aliphatic carbocycles. The Balaban J connectivity index is 2.30. The number of rotatable bonds is 4.